The maximum Gasteiger partial charge on any atom is 0.344 e. The molecule has 3 rings (SSSR count). The van der Waals surface area contributed by atoms with E-state index in [4.69, 9.17) is 9.15 Å². The van der Waals surface area contributed by atoms with E-state index in [1.54, 1.807) is 19.2 Å². The SMILES string of the molecule is COc1ccccc1CCNC(=O)c1cc2ccc(C)cc2c(=O)o1. The normalized spacial score (nSPS) is 10.6. The number of para-hydroxylation sites is 1. The first-order valence-electron chi connectivity index (χ1n) is 8.03. The van der Waals surface area contributed by atoms with E-state index < -0.39 is 11.5 Å². The van der Waals surface area contributed by atoms with Crippen LogP contribution in [0.5, 0.6) is 5.75 Å². The third-order valence-corrected chi connectivity index (χ3v) is 4.01. The number of hydrogen-bond donors (Lipinski definition) is 1. The molecule has 1 heterocycles. The van der Waals surface area contributed by atoms with E-state index in [1.165, 1.54) is 0 Å². The topological polar surface area (TPSA) is 68.5 Å². The van der Waals surface area contributed by atoms with Crippen LogP contribution in [0.25, 0.3) is 10.8 Å². The number of rotatable bonds is 5. The third kappa shape index (κ3) is 3.71. The second-order valence-electron chi connectivity index (χ2n) is 5.81. The van der Waals surface area contributed by atoms with Gasteiger partial charge in [-0.3, -0.25) is 4.79 Å². The highest BCUT2D eigenvalue weighted by molar-refractivity contribution is 5.95. The summed E-state index contributed by atoms with van der Waals surface area (Å²) in [7, 11) is 1.61. The molecule has 2 aromatic carbocycles. The number of aryl methyl sites for hydroxylation is 1. The molecule has 25 heavy (non-hydrogen) atoms. The number of carbonyl (C=O) groups is 1. The maximum absolute atomic E-state index is 12.3. The lowest BCUT2D eigenvalue weighted by molar-refractivity contribution is 0.0922. The lowest BCUT2D eigenvalue weighted by Gasteiger charge is -2.09. The predicted octanol–water partition coefficient (Wildman–Crippen LogP) is 3.08. The van der Waals surface area contributed by atoms with Crippen LogP contribution in [0.15, 0.2) is 57.7 Å². The van der Waals surface area contributed by atoms with Gasteiger partial charge in [0.25, 0.3) is 5.91 Å². The smallest absolute Gasteiger partial charge is 0.344 e. The number of methoxy groups -OCH3 is 1. The minimum atomic E-state index is -0.504. The molecule has 128 valence electrons. The van der Waals surface area contributed by atoms with Crippen LogP contribution in [0.3, 0.4) is 0 Å². The quantitative estimate of drug-likeness (QED) is 0.777. The zero-order valence-electron chi connectivity index (χ0n) is 14.2. The molecule has 3 aromatic rings. The van der Waals surface area contributed by atoms with Gasteiger partial charge in [-0.1, -0.05) is 35.9 Å². The molecule has 1 N–H and O–H groups in total. The molecule has 0 bridgehead atoms. The summed E-state index contributed by atoms with van der Waals surface area (Å²) >= 11 is 0. The molecule has 0 saturated carbocycles. The highest BCUT2D eigenvalue weighted by Gasteiger charge is 2.12. The van der Waals surface area contributed by atoms with E-state index >= 15 is 0 Å². The van der Waals surface area contributed by atoms with Gasteiger partial charge in [-0.2, -0.15) is 0 Å². The Hall–Kier alpha value is -3.08. The standard InChI is InChI=1S/C20H19NO4/c1-13-7-8-15-12-18(25-20(23)16(15)11-13)19(22)21-10-9-14-5-3-4-6-17(14)24-2/h3-8,11-12H,9-10H2,1-2H3,(H,21,22). The second-order valence-corrected chi connectivity index (χ2v) is 5.81. The summed E-state index contributed by atoms with van der Waals surface area (Å²) in [6.07, 6.45) is 0.618. The van der Waals surface area contributed by atoms with Crippen molar-refractivity contribution in [2.45, 2.75) is 13.3 Å². The molecule has 0 atom stereocenters. The van der Waals surface area contributed by atoms with E-state index in [0.29, 0.717) is 23.7 Å². The van der Waals surface area contributed by atoms with Crippen molar-refractivity contribution >= 4 is 16.7 Å². The Morgan fingerprint density at radius 1 is 1.16 bits per heavy atom. The molecule has 0 aliphatic carbocycles. The van der Waals surface area contributed by atoms with Crippen LogP contribution in [-0.4, -0.2) is 19.6 Å². The average molecular weight is 337 g/mol. The first kappa shape index (κ1) is 16.8. The van der Waals surface area contributed by atoms with Crippen molar-refractivity contribution < 1.29 is 13.9 Å². The Morgan fingerprint density at radius 3 is 2.76 bits per heavy atom. The lowest BCUT2D eigenvalue weighted by Crippen LogP contribution is -2.26. The molecular formula is C20H19NO4. The molecular weight excluding hydrogens is 318 g/mol. The number of ether oxygens (including phenoxy) is 1. The fraction of sp³-hybridized carbons (Fsp3) is 0.200. The van der Waals surface area contributed by atoms with Gasteiger partial charge in [0.2, 0.25) is 0 Å². The van der Waals surface area contributed by atoms with Crippen LogP contribution in [0, 0.1) is 6.92 Å². The fourth-order valence-corrected chi connectivity index (χ4v) is 2.72. The average Bonchev–Trinajstić information content (AvgIpc) is 2.62. The number of hydrogen-bond acceptors (Lipinski definition) is 4. The molecule has 0 fully saturated rings. The van der Waals surface area contributed by atoms with E-state index in [0.717, 1.165) is 16.9 Å². The largest absolute Gasteiger partial charge is 0.496 e. The van der Waals surface area contributed by atoms with Crippen molar-refractivity contribution in [3.05, 3.63) is 75.8 Å². The van der Waals surface area contributed by atoms with Gasteiger partial charge < -0.3 is 14.5 Å². The molecule has 1 aromatic heterocycles. The zero-order valence-corrected chi connectivity index (χ0v) is 14.2. The minimum Gasteiger partial charge on any atom is -0.496 e. The molecule has 0 aliphatic rings. The molecule has 1 amide bonds. The summed E-state index contributed by atoms with van der Waals surface area (Å²) in [5, 5.41) is 3.94. The molecule has 5 heteroatoms. The summed E-state index contributed by atoms with van der Waals surface area (Å²) in [4.78, 5) is 24.3. The first-order valence-corrected chi connectivity index (χ1v) is 8.03. The first-order chi connectivity index (χ1) is 12.1. The predicted molar refractivity (Wildman–Crippen MR) is 96.3 cm³/mol. The number of fused-ring (bicyclic) bond motifs is 1. The number of carbonyl (C=O) groups excluding carboxylic acids is 1. The maximum atomic E-state index is 12.3. The van der Waals surface area contributed by atoms with Gasteiger partial charge >= 0.3 is 5.63 Å². The molecule has 0 spiro atoms. The van der Waals surface area contributed by atoms with Crippen LogP contribution in [0.2, 0.25) is 0 Å². The van der Waals surface area contributed by atoms with Crippen molar-refractivity contribution in [1.82, 2.24) is 5.32 Å². The van der Waals surface area contributed by atoms with Gasteiger partial charge in [-0.15, -0.1) is 0 Å². The van der Waals surface area contributed by atoms with Crippen molar-refractivity contribution in [1.29, 1.82) is 0 Å². The van der Waals surface area contributed by atoms with Gasteiger partial charge in [0.05, 0.1) is 12.5 Å². The highest BCUT2D eigenvalue weighted by Crippen LogP contribution is 2.17. The van der Waals surface area contributed by atoms with Crippen LogP contribution >= 0.6 is 0 Å². The number of amides is 1. The second kappa shape index (κ2) is 7.21. The Bertz CT molecular complexity index is 975. The van der Waals surface area contributed by atoms with E-state index in [2.05, 4.69) is 5.32 Å². The van der Waals surface area contributed by atoms with Gasteiger partial charge in [0.15, 0.2) is 5.76 Å². The summed E-state index contributed by atoms with van der Waals surface area (Å²) in [6.45, 7) is 2.31. The molecule has 5 nitrogen and oxygen atoms in total. The Labute approximate surface area is 145 Å². The highest BCUT2D eigenvalue weighted by atomic mass is 16.5. The Balaban J connectivity index is 1.72. The molecule has 0 saturated heterocycles. The monoisotopic (exact) mass is 337 g/mol. The summed E-state index contributed by atoms with van der Waals surface area (Å²) < 4.78 is 10.5. The lowest BCUT2D eigenvalue weighted by atomic mass is 10.1. The third-order valence-electron chi connectivity index (χ3n) is 4.01. The fourth-order valence-electron chi connectivity index (χ4n) is 2.72. The Kier molecular flexibility index (Phi) is 4.84. The molecule has 0 radical (unpaired) electrons. The minimum absolute atomic E-state index is 0.0152. The van der Waals surface area contributed by atoms with Crippen molar-refractivity contribution in [3.63, 3.8) is 0 Å². The molecule has 0 aliphatic heterocycles. The van der Waals surface area contributed by atoms with Crippen LogP contribution in [0.1, 0.15) is 21.7 Å². The number of benzene rings is 2. The Morgan fingerprint density at radius 2 is 1.96 bits per heavy atom. The summed E-state index contributed by atoms with van der Waals surface area (Å²) in [6, 6.07) is 14.7. The van der Waals surface area contributed by atoms with E-state index in [1.807, 2.05) is 43.3 Å². The number of nitrogens with one attached hydrogen (secondary N) is 1. The van der Waals surface area contributed by atoms with Gasteiger partial charge in [0, 0.05) is 6.54 Å². The van der Waals surface area contributed by atoms with Crippen LogP contribution in [0.4, 0.5) is 0 Å². The van der Waals surface area contributed by atoms with E-state index in [9.17, 15) is 9.59 Å². The van der Waals surface area contributed by atoms with Crippen molar-refractivity contribution in [2.24, 2.45) is 0 Å². The zero-order chi connectivity index (χ0) is 17.8. The van der Waals surface area contributed by atoms with Crippen LogP contribution < -0.4 is 15.7 Å². The summed E-state index contributed by atoms with van der Waals surface area (Å²) in [5.74, 6) is 0.389. The summed E-state index contributed by atoms with van der Waals surface area (Å²) in [5.41, 5.74) is 1.46. The molecule has 0 unspecified atom stereocenters. The van der Waals surface area contributed by atoms with Crippen molar-refractivity contribution in [2.75, 3.05) is 13.7 Å². The van der Waals surface area contributed by atoms with Gasteiger partial charge in [-0.25, -0.2) is 4.79 Å². The van der Waals surface area contributed by atoms with Crippen LogP contribution in [-0.2, 0) is 6.42 Å². The van der Waals surface area contributed by atoms with Crippen molar-refractivity contribution in [3.8, 4) is 5.75 Å². The van der Waals surface area contributed by atoms with E-state index in [-0.39, 0.29) is 5.76 Å². The van der Waals surface area contributed by atoms with Gasteiger partial charge in [0.1, 0.15) is 5.75 Å². The van der Waals surface area contributed by atoms with Gasteiger partial charge in [-0.05, 0) is 42.5 Å².